The molecule has 0 aromatic carbocycles. The van der Waals surface area contributed by atoms with Gasteiger partial charge in [-0.3, -0.25) is 4.98 Å². The summed E-state index contributed by atoms with van der Waals surface area (Å²) in [6.07, 6.45) is 5.78. The molecular weight excluding hydrogens is 240 g/mol. The summed E-state index contributed by atoms with van der Waals surface area (Å²) >= 11 is 0. The molecule has 1 fully saturated rings. The smallest absolute Gasteiger partial charge is 0.234 e. The van der Waals surface area contributed by atoms with Gasteiger partial charge in [-0.05, 0) is 38.6 Å². The lowest BCUT2D eigenvalue weighted by Crippen LogP contribution is -2.42. The zero-order valence-corrected chi connectivity index (χ0v) is 12.1. The van der Waals surface area contributed by atoms with Gasteiger partial charge >= 0.3 is 0 Å². The molecule has 106 valence electrons. The number of hydrogen-bond acceptors (Lipinski definition) is 5. The van der Waals surface area contributed by atoms with E-state index in [0.717, 1.165) is 38.3 Å². The molecule has 0 bridgehead atoms. The highest BCUT2D eigenvalue weighted by Crippen LogP contribution is 2.31. The van der Waals surface area contributed by atoms with Crippen LogP contribution in [0.25, 0.3) is 0 Å². The van der Waals surface area contributed by atoms with Gasteiger partial charge in [0.1, 0.15) is 0 Å². The van der Waals surface area contributed by atoms with E-state index in [1.807, 2.05) is 13.8 Å². The Kier molecular flexibility index (Phi) is 4.24. The van der Waals surface area contributed by atoms with Crippen LogP contribution in [0.2, 0.25) is 0 Å². The second kappa shape index (κ2) is 5.74. The lowest BCUT2D eigenvalue weighted by molar-refractivity contribution is 0.230. The Hall–Kier alpha value is -1.36. The SMILES string of the molecule is CC(C)Oc1cncc(N2CCC(C)(CN)CC2)n1. The van der Waals surface area contributed by atoms with Crippen LogP contribution in [0.3, 0.4) is 0 Å². The zero-order chi connectivity index (χ0) is 13.9. The maximum atomic E-state index is 5.83. The molecule has 19 heavy (non-hydrogen) atoms. The minimum Gasteiger partial charge on any atom is -0.474 e. The van der Waals surface area contributed by atoms with Gasteiger partial charge in [0.2, 0.25) is 5.88 Å². The zero-order valence-electron chi connectivity index (χ0n) is 12.1. The number of nitrogens with two attached hydrogens (primary N) is 1. The Labute approximate surface area is 115 Å². The summed E-state index contributed by atoms with van der Waals surface area (Å²) in [5.74, 6) is 1.50. The van der Waals surface area contributed by atoms with Crippen molar-refractivity contribution in [2.45, 2.75) is 39.7 Å². The van der Waals surface area contributed by atoms with E-state index in [2.05, 4.69) is 21.8 Å². The van der Waals surface area contributed by atoms with Gasteiger partial charge in [0.15, 0.2) is 5.82 Å². The summed E-state index contributed by atoms with van der Waals surface area (Å²) in [6.45, 7) is 8.95. The van der Waals surface area contributed by atoms with Crippen LogP contribution < -0.4 is 15.4 Å². The minimum atomic E-state index is 0.117. The first kappa shape index (κ1) is 14.1. The van der Waals surface area contributed by atoms with Crippen LogP contribution in [-0.2, 0) is 0 Å². The first-order valence-corrected chi connectivity index (χ1v) is 6.96. The summed E-state index contributed by atoms with van der Waals surface area (Å²) in [5.41, 5.74) is 6.11. The molecule has 1 aliphatic rings. The largest absolute Gasteiger partial charge is 0.474 e. The summed E-state index contributed by atoms with van der Waals surface area (Å²) in [5, 5.41) is 0. The Morgan fingerprint density at radius 3 is 2.63 bits per heavy atom. The first-order valence-electron chi connectivity index (χ1n) is 6.96. The quantitative estimate of drug-likeness (QED) is 0.898. The lowest BCUT2D eigenvalue weighted by Gasteiger charge is -2.39. The topological polar surface area (TPSA) is 64.3 Å². The standard InChI is InChI=1S/C14H24N4O/c1-11(2)19-13-9-16-8-12(17-13)18-6-4-14(3,10-15)5-7-18/h8-9,11H,4-7,10,15H2,1-3H3. The molecule has 0 saturated carbocycles. The molecule has 0 atom stereocenters. The summed E-state index contributed by atoms with van der Waals surface area (Å²) in [4.78, 5) is 11.0. The normalized spacial score (nSPS) is 18.7. The molecule has 5 nitrogen and oxygen atoms in total. The predicted molar refractivity (Wildman–Crippen MR) is 76.4 cm³/mol. The van der Waals surface area contributed by atoms with Crippen molar-refractivity contribution in [1.29, 1.82) is 0 Å². The van der Waals surface area contributed by atoms with Gasteiger partial charge in [0.05, 0.1) is 18.5 Å². The van der Waals surface area contributed by atoms with Crippen LogP contribution in [0, 0.1) is 5.41 Å². The highest BCUT2D eigenvalue weighted by molar-refractivity contribution is 5.38. The molecule has 0 amide bonds. The van der Waals surface area contributed by atoms with E-state index >= 15 is 0 Å². The van der Waals surface area contributed by atoms with Crippen molar-refractivity contribution in [2.24, 2.45) is 11.1 Å². The molecule has 0 spiro atoms. The molecule has 2 rings (SSSR count). The molecule has 1 aromatic rings. The van der Waals surface area contributed by atoms with E-state index in [9.17, 15) is 0 Å². The van der Waals surface area contributed by atoms with Gasteiger partial charge in [0.25, 0.3) is 0 Å². The van der Waals surface area contributed by atoms with Crippen molar-refractivity contribution >= 4 is 5.82 Å². The van der Waals surface area contributed by atoms with Crippen LogP contribution >= 0.6 is 0 Å². The maximum absolute atomic E-state index is 5.83. The number of nitrogens with zero attached hydrogens (tertiary/aromatic N) is 3. The van der Waals surface area contributed by atoms with Crippen molar-refractivity contribution in [3.05, 3.63) is 12.4 Å². The number of hydrogen-bond donors (Lipinski definition) is 1. The van der Waals surface area contributed by atoms with Crippen LogP contribution in [0.1, 0.15) is 33.6 Å². The van der Waals surface area contributed by atoms with E-state index in [1.165, 1.54) is 0 Å². The van der Waals surface area contributed by atoms with E-state index in [0.29, 0.717) is 5.88 Å². The number of rotatable bonds is 4. The monoisotopic (exact) mass is 264 g/mol. The Bertz CT molecular complexity index is 414. The fourth-order valence-corrected chi connectivity index (χ4v) is 2.27. The summed E-state index contributed by atoms with van der Waals surface area (Å²) in [7, 11) is 0. The van der Waals surface area contributed by atoms with E-state index in [-0.39, 0.29) is 11.5 Å². The van der Waals surface area contributed by atoms with Crippen LogP contribution in [-0.4, -0.2) is 35.7 Å². The van der Waals surface area contributed by atoms with Crippen molar-refractivity contribution < 1.29 is 4.74 Å². The lowest BCUT2D eigenvalue weighted by atomic mass is 9.80. The van der Waals surface area contributed by atoms with E-state index in [4.69, 9.17) is 10.5 Å². The van der Waals surface area contributed by atoms with Crippen molar-refractivity contribution in [3.8, 4) is 5.88 Å². The molecular formula is C14H24N4O. The first-order chi connectivity index (χ1) is 9.02. The number of anilines is 1. The summed E-state index contributed by atoms with van der Waals surface area (Å²) in [6, 6.07) is 0. The Morgan fingerprint density at radius 1 is 1.37 bits per heavy atom. The number of piperidine rings is 1. The molecule has 2 heterocycles. The van der Waals surface area contributed by atoms with Crippen LogP contribution in [0.15, 0.2) is 12.4 Å². The molecule has 0 aliphatic carbocycles. The molecule has 2 N–H and O–H groups in total. The van der Waals surface area contributed by atoms with Gasteiger partial charge in [-0.1, -0.05) is 6.92 Å². The number of aromatic nitrogens is 2. The average Bonchev–Trinajstić information content (AvgIpc) is 2.39. The molecule has 5 heteroatoms. The summed E-state index contributed by atoms with van der Waals surface area (Å²) < 4.78 is 5.59. The highest BCUT2D eigenvalue weighted by atomic mass is 16.5. The van der Waals surface area contributed by atoms with Crippen molar-refractivity contribution in [2.75, 3.05) is 24.5 Å². The number of ether oxygens (including phenoxy) is 1. The van der Waals surface area contributed by atoms with Crippen LogP contribution in [0.5, 0.6) is 5.88 Å². The second-order valence-electron chi connectivity index (χ2n) is 5.88. The van der Waals surface area contributed by atoms with Gasteiger partial charge in [-0.15, -0.1) is 0 Å². The molecule has 0 radical (unpaired) electrons. The Balaban J connectivity index is 2.03. The predicted octanol–water partition coefficient (Wildman–Crippen LogP) is 1.83. The molecule has 1 aliphatic heterocycles. The third-order valence-corrected chi connectivity index (χ3v) is 3.74. The Morgan fingerprint density at radius 2 is 2.05 bits per heavy atom. The van der Waals surface area contributed by atoms with Crippen molar-refractivity contribution in [1.82, 2.24) is 9.97 Å². The fraction of sp³-hybridized carbons (Fsp3) is 0.714. The minimum absolute atomic E-state index is 0.117. The highest BCUT2D eigenvalue weighted by Gasteiger charge is 2.29. The van der Waals surface area contributed by atoms with Crippen molar-refractivity contribution in [3.63, 3.8) is 0 Å². The average molecular weight is 264 g/mol. The second-order valence-corrected chi connectivity index (χ2v) is 5.88. The van der Waals surface area contributed by atoms with E-state index in [1.54, 1.807) is 12.4 Å². The molecule has 1 saturated heterocycles. The van der Waals surface area contributed by atoms with Gasteiger partial charge in [-0.25, -0.2) is 0 Å². The molecule has 0 unspecified atom stereocenters. The fourth-order valence-electron chi connectivity index (χ4n) is 2.27. The maximum Gasteiger partial charge on any atom is 0.234 e. The van der Waals surface area contributed by atoms with Gasteiger partial charge in [0, 0.05) is 13.1 Å². The van der Waals surface area contributed by atoms with E-state index < -0.39 is 0 Å². The third-order valence-electron chi connectivity index (χ3n) is 3.74. The third kappa shape index (κ3) is 3.56. The van der Waals surface area contributed by atoms with Gasteiger partial charge < -0.3 is 15.4 Å². The van der Waals surface area contributed by atoms with Gasteiger partial charge in [-0.2, -0.15) is 4.98 Å². The van der Waals surface area contributed by atoms with Crippen LogP contribution in [0.4, 0.5) is 5.82 Å². The molecule has 1 aromatic heterocycles.